The number of unbranched alkanes of at least 4 members (excludes halogenated alkanes) is 5. The van der Waals surface area contributed by atoms with Crippen LogP contribution in [0.4, 0.5) is 0 Å². The number of carboxylic acid groups (broad SMARTS) is 1. The van der Waals surface area contributed by atoms with E-state index < -0.39 is 5.97 Å². The Balaban J connectivity index is 1.64. The number of nitrogens with zero attached hydrogens (tertiary/aromatic N) is 1. The molecule has 0 unspecified atom stereocenters. The van der Waals surface area contributed by atoms with Gasteiger partial charge in [-0.3, -0.25) is 14.5 Å². The lowest BCUT2D eigenvalue weighted by molar-refractivity contribution is -0.150. The number of aliphatic carboxylic acids is 1. The van der Waals surface area contributed by atoms with Gasteiger partial charge in [0, 0.05) is 18.4 Å². The van der Waals surface area contributed by atoms with Crippen molar-refractivity contribution in [2.24, 2.45) is 17.8 Å². The predicted molar refractivity (Wildman–Crippen MR) is 98.5 cm³/mol. The summed E-state index contributed by atoms with van der Waals surface area (Å²) in [6, 6.07) is -0.150. The van der Waals surface area contributed by atoms with E-state index in [9.17, 15) is 14.7 Å². The smallest absolute Gasteiger partial charge is 0.320 e. The predicted octanol–water partition coefficient (Wildman–Crippen LogP) is 4.27. The number of likely N-dealkylation sites (tertiary alicyclic amines) is 1. The maximum absolute atomic E-state index is 12.5. The largest absolute Gasteiger partial charge is 0.480 e. The molecule has 142 valence electrons. The fraction of sp³-hybridized carbons (Fsp3) is 0.905. The topological polar surface area (TPSA) is 57.6 Å². The van der Waals surface area contributed by atoms with Gasteiger partial charge >= 0.3 is 5.97 Å². The molecular weight excluding hydrogens is 314 g/mol. The second kappa shape index (κ2) is 8.66. The lowest BCUT2D eigenvalue weighted by atomic mass is 9.59. The summed E-state index contributed by atoms with van der Waals surface area (Å²) in [5.41, 5.74) is 0. The highest BCUT2D eigenvalue weighted by molar-refractivity contribution is 5.84. The summed E-state index contributed by atoms with van der Waals surface area (Å²) in [4.78, 5) is 26.4. The molecule has 0 spiro atoms. The highest BCUT2D eigenvalue weighted by Crippen LogP contribution is 2.48. The molecule has 0 amide bonds. The van der Waals surface area contributed by atoms with E-state index in [1.54, 1.807) is 0 Å². The minimum Gasteiger partial charge on any atom is -0.480 e. The molecule has 0 aromatic heterocycles. The molecule has 2 bridgehead atoms. The molecule has 25 heavy (non-hydrogen) atoms. The number of carboxylic acids is 1. The fourth-order valence-electron chi connectivity index (χ4n) is 5.83. The quantitative estimate of drug-likeness (QED) is 0.632. The molecule has 4 nitrogen and oxygen atoms in total. The van der Waals surface area contributed by atoms with Crippen molar-refractivity contribution in [3.63, 3.8) is 0 Å². The summed E-state index contributed by atoms with van der Waals surface area (Å²) < 4.78 is 0. The van der Waals surface area contributed by atoms with Crippen molar-refractivity contribution in [2.45, 2.75) is 96.1 Å². The van der Waals surface area contributed by atoms with Gasteiger partial charge in [-0.15, -0.1) is 0 Å². The van der Waals surface area contributed by atoms with Crippen LogP contribution in [0, 0.1) is 17.8 Å². The Morgan fingerprint density at radius 2 is 1.88 bits per heavy atom. The van der Waals surface area contributed by atoms with Gasteiger partial charge in [0.15, 0.2) is 0 Å². The molecule has 4 aliphatic rings. The van der Waals surface area contributed by atoms with Gasteiger partial charge < -0.3 is 5.11 Å². The molecule has 0 radical (unpaired) electrons. The summed E-state index contributed by atoms with van der Waals surface area (Å²) >= 11 is 0. The van der Waals surface area contributed by atoms with Crippen LogP contribution in [0.15, 0.2) is 0 Å². The lowest BCUT2D eigenvalue weighted by Crippen LogP contribution is -2.59. The van der Waals surface area contributed by atoms with Crippen molar-refractivity contribution in [1.82, 2.24) is 4.90 Å². The first-order valence-corrected chi connectivity index (χ1v) is 10.6. The molecule has 1 aliphatic heterocycles. The number of carbonyl (C=O) groups excluding carboxylic acids is 1. The second-order valence-electron chi connectivity index (χ2n) is 8.56. The first kappa shape index (κ1) is 18.9. The molecule has 3 aliphatic carbocycles. The third-order valence-corrected chi connectivity index (χ3v) is 7.04. The zero-order valence-electron chi connectivity index (χ0n) is 15.8. The summed E-state index contributed by atoms with van der Waals surface area (Å²) in [5.74, 6) is 0.881. The first-order chi connectivity index (χ1) is 12.1. The Morgan fingerprint density at radius 3 is 2.60 bits per heavy atom. The maximum atomic E-state index is 12.5. The average molecular weight is 350 g/mol. The van der Waals surface area contributed by atoms with E-state index in [0.29, 0.717) is 17.6 Å². The monoisotopic (exact) mass is 349 g/mol. The maximum Gasteiger partial charge on any atom is 0.320 e. The standard InChI is InChI=1S/C21H35NO3/c1-2-3-4-5-6-7-9-16-15-11-12-17(19(23)14-15)20(16)22-13-8-10-18(22)21(24)25/h15-18,20H,2-14H2,1H3,(H,24,25)/t15-,16+,17+,18+,20-/m1/s1. The molecular formula is C21H35NO3. The van der Waals surface area contributed by atoms with E-state index >= 15 is 0 Å². The molecule has 4 rings (SSSR count). The van der Waals surface area contributed by atoms with Gasteiger partial charge in [-0.05, 0) is 50.5 Å². The van der Waals surface area contributed by atoms with Gasteiger partial charge in [0.1, 0.15) is 11.8 Å². The van der Waals surface area contributed by atoms with Gasteiger partial charge in [-0.25, -0.2) is 0 Å². The van der Waals surface area contributed by atoms with Crippen molar-refractivity contribution in [3.8, 4) is 0 Å². The molecule has 0 aromatic rings. The van der Waals surface area contributed by atoms with Gasteiger partial charge in [-0.1, -0.05) is 45.4 Å². The summed E-state index contributed by atoms with van der Waals surface area (Å²) in [5, 5.41) is 9.61. The normalized spacial score (nSPS) is 35.4. The van der Waals surface area contributed by atoms with Crippen LogP contribution in [0.25, 0.3) is 0 Å². The van der Waals surface area contributed by atoms with Crippen LogP contribution in [0.1, 0.15) is 84.0 Å². The number of fused-ring (bicyclic) bond motifs is 3. The minimum absolute atomic E-state index is 0.107. The van der Waals surface area contributed by atoms with Crippen molar-refractivity contribution in [2.75, 3.05) is 6.54 Å². The lowest BCUT2D eigenvalue weighted by Gasteiger charge is -2.52. The van der Waals surface area contributed by atoms with Crippen LogP contribution in [-0.2, 0) is 9.59 Å². The minimum atomic E-state index is -0.690. The van der Waals surface area contributed by atoms with Crippen LogP contribution in [-0.4, -0.2) is 40.4 Å². The molecule has 4 heteroatoms. The highest BCUT2D eigenvalue weighted by Gasteiger charge is 2.52. The third kappa shape index (κ3) is 4.10. The Labute approximate surface area is 152 Å². The average Bonchev–Trinajstić information content (AvgIpc) is 3.08. The number of hydrogen-bond acceptors (Lipinski definition) is 3. The zero-order valence-corrected chi connectivity index (χ0v) is 15.8. The van der Waals surface area contributed by atoms with Crippen LogP contribution in [0.5, 0.6) is 0 Å². The number of Topliss-reactive ketones (excluding diaryl/α,β-unsaturated/α-hetero) is 1. The molecule has 1 heterocycles. The summed E-state index contributed by atoms with van der Waals surface area (Å²) in [6.07, 6.45) is 13.6. The van der Waals surface area contributed by atoms with E-state index in [1.807, 2.05) is 0 Å². The van der Waals surface area contributed by atoms with Gasteiger partial charge in [-0.2, -0.15) is 0 Å². The van der Waals surface area contributed by atoms with E-state index in [-0.39, 0.29) is 18.0 Å². The number of rotatable bonds is 9. The Morgan fingerprint density at radius 1 is 1.12 bits per heavy atom. The van der Waals surface area contributed by atoms with Gasteiger partial charge in [0.25, 0.3) is 0 Å². The van der Waals surface area contributed by atoms with Crippen molar-refractivity contribution >= 4 is 11.8 Å². The highest BCUT2D eigenvalue weighted by atomic mass is 16.4. The second-order valence-corrected chi connectivity index (χ2v) is 8.56. The molecule has 3 saturated carbocycles. The first-order valence-electron chi connectivity index (χ1n) is 10.6. The Bertz CT molecular complexity index is 478. The van der Waals surface area contributed by atoms with Crippen LogP contribution in [0.3, 0.4) is 0 Å². The molecule has 1 N–H and O–H groups in total. The van der Waals surface area contributed by atoms with E-state index in [2.05, 4.69) is 11.8 Å². The summed E-state index contributed by atoms with van der Waals surface area (Å²) in [6.45, 7) is 3.11. The SMILES string of the molecule is CCCCCCCC[C@H]1[C@@H]2CC[C@@H](C(=O)C2)[C@@H]1N1CCC[C@H]1C(=O)O. The molecule has 1 saturated heterocycles. The van der Waals surface area contributed by atoms with Crippen LogP contribution < -0.4 is 0 Å². The number of ketones is 1. The third-order valence-electron chi connectivity index (χ3n) is 7.04. The summed E-state index contributed by atoms with van der Waals surface area (Å²) in [7, 11) is 0. The zero-order chi connectivity index (χ0) is 17.8. The fourth-order valence-corrected chi connectivity index (χ4v) is 5.83. The van der Waals surface area contributed by atoms with E-state index in [4.69, 9.17) is 0 Å². The number of hydrogen-bond donors (Lipinski definition) is 1. The van der Waals surface area contributed by atoms with Crippen molar-refractivity contribution in [3.05, 3.63) is 0 Å². The molecule has 5 atom stereocenters. The van der Waals surface area contributed by atoms with Crippen LogP contribution in [0.2, 0.25) is 0 Å². The number of carbonyl (C=O) groups is 2. The van der Waals surface area contributed by atoms with Crippen molar-refractivity contribution in [1.29, 1.82) is 0 Å². The Hall–Kier alpha value is -0.900. The van der Waals surface area contributed by atoms with Gasteiger partial charge in [0.2, 0.25) is 0 Å². The van der Waals surface area contributed by atoms with Crippen LogP contribution >= 0.6 is 0 Å². The molecule has 0 aromatic carbocycles. The van der Waals surface area contributed by atoms with Crippen molar-refractivity contribution < 1.29 is 14.7 Å². The van der Waals surface area contributed by atoms with Gasteiger partial charge in [0.05, 0.1) is 0 Å². The Kier molecular flexibility index (Phi) is 6.54. The van der Waals surface area contributed by atoms with E-state index in [0.717, 1.165) is 32.2 Å². The molecule has 4 fully saturated rings. The van der Waals surface area contributed by atoms with E-state index in [1.165, 1.54) is 51.4 Å².